The number of hydrogen-bond acceptors (Lipinski definition) is 7. The molecule has 2 N–H and O–H groups in total. The van der Waals surface area contributed by atoms with Crippen LogP contribution in [0.5, 0.6) is 5.75 Å². The summed E-state index contributed by atoms with van der Waals surface area (Å²) < 4.78 is 38.4. The number of aromatic nitrogens is 1. The zero-order chi connectivity index (χ0) is 26.3. The van der Waals surface area contributed by atoms with Crippen LogP contribution in [0.4, 0.5) is 5.82 Å². The van der Waals surface area contributed by atoms with Crippen LogP contribution in [-0.2, 0) is 31.6 Å². The minimum Gasteiger partial charge on any atom is -0.467 e. The summed E-state index contributed by atoms with van der Waals surface area (Å²) in [6.07, 6.45) is 2.90. The lowest BCUT2D eigenvalue weighted by Crippen LogP contribution is -2.37. The standard InChI is InChI=1S/C28H29N3O6S/c32-16-22-3-2-14-31(22)38(34,35)23-9-6-19(7-10-23)24-4-1-5-26(29-24)30-27(33)28(12-13-28)21-8-11-25-20(15-21)17-36-18-37-25/h1,4-11,15,22,32H,2-3,12-14,16-18H2,(H,29,30,33). The van der Waals surface area contributed by atoms with Crippen molar-refractivity contribution in [2.45, 2.75) is 48.6 Å². The van der Waals surface area contributed by atoms with Crippen molar-refractivity contribution in [2.75, 3.05) is 25.3 Å². The number of anilines is 1. The predicted molar refractivity (Wildman–Crippen MR) is 140 cm³/mol. The van der Waals surface area contributed by atoms with E-state index in [1.165, 1.54) is 4.31 Å². The number of hydrogen-bond donors (Lipinski definition) is 2. The van der Waals surface area contributed by atoms with Crippen LogP contribution in [0, 0.1) is 0 Å². The van der Waals surface area contributed by atoms with E-state index in [-0.39, 0.29) is 30.2 Å². The molecule has 1 saturated carbocycles. The summed E-state index contributed by atoms with van der Waals surface area (Å²) in [5, 5.41) is 12.5. The van der Waals surface area contributed by atoms with Gasteiger partial charge in [0.1, 0.15) is 11.6 Å². The fourth-order valence-corrected chi connectivity index (χ4v) is 6.99. The molecule has 1 amide bonds. The second-order valence-corrected chi connectivity index (χ2v) is 11.9. The van der Waals surface area contributed by atoms with Crippen LogP contribution in [0.2, 0.25) is 0 Å². The monoisotopic (exact) mass is 535 g/mol. The maximum absolute atomic E-state index is 13.3. The third-order valence-corrected chi connectivity index (χ3v) is 9.60. The highest BCUT2D eigenvalue weighted by Crippen LogP contribution is 2.50. The van der Waals surface area contributed by atoms with Gasteiger partial charge in [-0.15, -0.1) is 0 Å². The first-order chi connectivity index (χ1) is 18.4. The van der Waals surface area contributed by atoms with Crippen molar-refractivity contribution < 1.29 is 27.8 Å². The number of aliphatic hydroxyl groups excluding tert-OH is 1. The molecule has 0 bridgehead atoms. The van der Waals surface area contributed by atoms with Crippen LogP contribution in [0.3, 0.4) is 0 Å². The van der Waals surface area contributed by atoms with Gasteiger partial charge in [-0.2, -0.15) is 4.31 Å². The number of fused-ring (bicyclic) bond motifs is 1. The molecule has 9 nitrogen and oxygen atoms in total. The Morgan fingerprint density at radius 2 is 1.95 bits per heavy atom. The molecule has 1 aliphatic carbocycles. The summed E-state index contributed by atoms with van der Waals surface area (Å²) in [5.41, 5.74) is 2.64. The van der Waals surface area contributed by atoms with Gasteiger partial charge >= 0.3 is 0 Å². The zero-order valence-electron chi connectivity index (χ0n) is 20.8. The number of aliphatic hydroxyl groups is 1. The summed E-state index contributed by atoms with van der Waals surface area (Å²) in [7, 11) is -3.68. The second kappa shape index (κ2) is 9.77. The molecular formula is C28H29N3O6S. The maximum Gasteiger partial charge on any atom is 0.243 e. The van der Waals surface area contributed by atoms with Gasteiger partial charge in [0.2, 0.25) is 15.9 Å². The Kier molecular flexibility index (Phi) is 6.43. The van der Waals surface area contributed by atoms with Crippen molar-refractivity contribution in [3.63, 3.8) is 0 Å². The number of pyridine rings is 1. The van der Waals surface area contributed by atoms with Crippen molar-refractivity contribution in [2.24, 2.45) is 0 Å². The van der Waals surface area contributed by atoms with Crippen LogP contribution >= 0.6 is 0 Å². The molecule has 198 valence electrons. The first-order valence-corrected chi connectivity index (χ1v) is 14.2. The van der Waals surface area contributed by atoms with Crippen LogP contribution in [0.1, 0.15) is 36.8 Å². The van der Waals surface area contributed by atoms with Gasteiger partial charge in [0.05, 0.1) is 29.2 Å². The zero-order valence-corrected chi connectivity index (χ0v) is 21.6. The number of amides is 1. The quantitative estimate of drug-likeness (QED) is 0.476. The molecule has 6 rings (SSSR count). The normalized spacial score (nSPS) is 20.4. The molecule has 10 heteroatoms. The number of ether oxygens (including phenoxy) is 2. The van der Waals surface area contributed by atoms with E-state index in [1.807, 2.05) is 30.3 Å². The van der Waals surface area contributed by atoms with Gasteiger partial charge in [-0.1, -0.05) is 24.3 Å². The lowest BCUT2D eigenvalue weighted by molar-refractivity contribution is -0.118. The van der Waals surface area contributed by atoms with Crippen molar-refractivity contribution >= 4 is 21.7 Å². The lowest BCUT2D eigenvalue weighted by Gasteiger charge is -2.22. The summed E-state index contributed by atoms with van der Waals surface area (Å²) in [4.78, 5) is 18.1. The first kappa shape index (κ1) is 25.0. The highest BCUT2D eigenvalue weighted by molar-refractivity contribution is 7.89. The van der Waals surface area contributed by atoms with E-state index < -0.39 is 15.4 Å². The summed E-state index contributed by atoms with van der Waals surface area (Å²) in [6.45, 7) is 0.926. The highest BCUT2D eigenvalue weighted by Gasteiger charge is 2.51. The van der Waals surface area contributed by atoms with E-state index in [0.29, 0.717) is 31.1 Å². The molecule has 3 heterocycles. The average molecular weight is 536 g/mol. The Bertz CT molecular complexity index is 1470. The SMILES string of the molecule is O=C(Nc1cccc(-c2ccc(S(=O)(=O)N3CCCC3CO)cc2)n1)C1(c2ccc3c(c2)COCO3)CC1. The molecular weight excluding hydrogens is 506 g/mol. The number of nitrogens with zero attached hydrogens (tertiary/aromatic N) is 2. The van der Waals surface area contributed by atoms with Gasteiger partial charge in [-0.3, -0.25) is 4.79 Å². The van der Waals surface area contributed by atoms with Crippen molar-refractivity contribution in [1.29, 1.82) is 0 Å². The topological polar surface area (TPSA) is 118 Å². The predicted octanol–water partition coefficient (Wildman–Crippen LogP) is 3.43. The smallest absolute Gasteiger partial charge is 0.243 e. The number of carbonyl (C=O) groups is 1. The molecule has 1 atom stereocenters. The number of sulfonamides is 1. The average Bonchev–Trinajstić information content (AvgIpc) is 3.62. The van der Waals surface area contributed by atoms with E-state index in [4.69, 9.17) is 9.47 Å². The van der Waals surface area contributed by atoms with E-state index in [0.717, 1.165) is 41.7 Å². The largest absolute Gasteiger partial charge is 0.467 e. The van der Waals surface area contributed by atoms with Crippen LogP contribution in [0.15, 0.2) is 65.6 Å². The summed E-state index contributed by atoms with van der Waals surface area (Å²) in [6, 6.07) is 17.4. The number of nitrogens with one attached hydrogen (secondary N) is 1. The first-order valence-electron chi connectivity index (χ1n) is 12.8. The van der Waals surface area contributed by atoms with Crippen molar-refractivity contribution in [3.05, 3.63) is 71.8 Å². The van der Waals surface area contributed by atoms with Gasteiger partial charge in [0.25, 0.3) is 0 Å². The van der Waals surface area contributed by atoms with E-state index in [2.05, 4.69) is 10.3 Å². The van der Waals surface area contributed by atoms with Gasteiger partial charge in [0.15, 0.2) is 6.79 Å². The molecule has 2 aliphatic heterocycles. The maximum atomic E-state index is 13.3. The van der Waals surface area contributed by atoms with Crippen molar-refractivity contribution in [1.82, 2.24) is 9.29 Å². The molecule has 0 radical (unpaired) electrons. The Morgan fingerprint density at radius 1 is 1.13 bits per heavy atom. The van der Waals surface area contributed by atoms with Crippen LogP contribution < -0.4 is 10.1 Å². The fourth-order valence-electron chi connectivity index (χ4n) is 5.30. The van der Waals surface area contributed by atoms with Gasteiger partial charge < -0.3 is 19.9 Å². The molecule has 1 saturated heterocycles. The summed E-state index contributed by atoms with van der Waals surface area (Å²) in [5.74, 6) is 1.12. The molecule has 1 aromatic heterocycles. The fraction of sp³-hybridized carbons (Fsp3) is 0.357. The van der Waals surface area contributed by atoms with Crippen LogP contribution in [0.25, 0.3) is 11.3 Å². The van der Waals surface area contributed by atoms with Gasteiger partial charge in [-0.05, 0) is 67.6 Å². The molecule has 1 unspecified atom stereocenters. The minimum atomic E-state index is -3.68. The molecule has 0 spiro atoms. The Labute approximate surface area is 221 Å². The Morgan fingerprint density at radius 3 is 2.71 bits per heavy atom. The number of carbonyl (C=O) groups excluding carboxylic acids is 1. The van der Waals surface area contributed by atoms with Gasteiger partial charge in [0, 0.05) is 23.7 Å². The minimum absolute atomic E-state index is 0.106. The molecule has 38 heavy (non-hydrogen) atoms. The Balaban J connectivity index is 1.19. The van der Waals surface area contributed by atoms with Crippen molar-refractivity contribution in [3.8, 4) is 17.0 Å². The van der Waals surface area contributed by atoms with Gasteiger partial charge in [-0.25, -0.2) is 13.4 Å². The molecule has 2 aromatic carbocycles. The van der Waals surface area contributed by atoms with E-state index >= 15 is 0 Å². The molecule has 3 aliphatic rings. The lowest BCUT2D eigenvalue weighted by atomic mass is 9.93. The van der Waals surface area contributed by atoms with Crippen LogP contribution in [-0.4, -0.2) is 54.7 Å². The number of benzene rings is 2. The summed E-state index contributed by atoms with van der Waals surface area (Å²) >= 11 is 0. The third kappa shape index (κ3) is 4.47. The van der Waals surface area contributed by atoms with E-state index in [1.54, 1.807) is 30.3 Å². The highest BCUT2D eigenvalue weighted by atomic mass is 32.2. The number of rotatable bonds is 7. The second-order valence-electron chi connectivity index (χ2n) is 10.00. The third-order valence-electron chi connectivity index (χ3n) is 7.63. The Hall–Kier alpha value is -3.31. The van der Waals surface area contributed by atoms with E-state index in [9.17, 15) is 18.3 Å². The molecule has 3 aromatic rings. The molecule has 2 fully saturated rings.